The van der Waals surface area contributed by atoms with Crippen molar-refractivity contribution in [2.45, 2.75) is 110 Å². The van der Waals surface area contributed by atoms with Crippen LogP contribution >= 0.6 is 0 Å². The Morgan fingerprint density at radius 1 is 1.27 bits per heavy atom. The van der Waals surface area contributed by atoms with Crippen LogP contribution < -0.4 is 0 Å². The number of fused-ring (bicyclic) bond motifs is 1. The van der Waals surface area contributed by atoms with Crippen molar-refractivity contribution in [3.8, 4) is 11.8 Å². The van der Waals surface area contributed by atoms with Gasteiger partial charge in [0.25, 0.3) is 0 Å². The SMILES string of the molecule is C=C1C(=CC=C2CCC[C@]3(C)C([C@@H](C)CCC#CC(O)(CC)CC)=CC[C@@H]23)C[C@@H](O)C[C@@H]1O. The lowest BCUT2D eigenvalue weighted by Gasteiger charge is -2.42. The first-order chi connectivity index (χ1) is 15.6. The summed E-state index contributed by atoms with van der Waals surface area (Å²) in [6.45, 7) is 12.8. The summed E-state index contributed by atoms with van der Waals surface area (Å²) in [5, 5.41) is 30.6. The minimum absolute atomic E-state index is 0.200. The van der Waals surface area contributed by atoms with E-state index in [1.165, 1.54) is 18.4 Å². The van der Waals surface area contributed by atoms with Crippen LogP contribution in [0.3, 0.4) is 0 Å². The van der Waals surface area contributed by atoms with Crippen LogP contribution in [-0.2, 0) is 0 Å². The number of allylic oxidation sites excluding steroid dienone is 5. The van der Waals surface area contributed by atoms with E-state index in [1.807, 2.05) is 13.8 Å². The molecule has 33 heavy (non-hydrogen) atoms. The van der Waals surface area contributed by atoms with Gasteiger partial charge in [-0.1, -0.05) is 69.6 Å². The molecule has 0 aromatic rings. The third-order valence-electron chi connectivity index (χ3n) is 8.60. The molecule has 3 aliphatic rings. The Morgan fingerprint density at radius 2 is 2.00 bits per heavy atom. The summed E-state index contributed by atoms with van der Waals surface area (Å²) in [4.78, 5) is 0. The highest BCUT2D eigenvalue weighted by molar-refractivity contribution is 5.40. The van der Waals surface area contributed by atoms with Gasteiger partial charge >= 0.3 is 0 Å². The largest absolute Gasteiger partial charge is 0.393 e. The number of rotatable bonds is 6. The first-order valence-corrected chi connectivity index (χ1v) is 13.0. The molecule has 3 N–H and O–H groups in total. The minimum atomic E-state index is -0.833. The van der Waals surface area contributed by atoms with Crippen molar-refractivity contribution >= 4 is 0 Å². The van der Waals surface area contributed by atoms with Gasteiger partial charge in [-0.05, 0) is 79.8 Å². The maximum absolute atomic E-state index is 10.4. The Balaban J connectivity index is 1.69. The third kappa shape index (κ3) is 5.73. The summed E-state index contributed by atoms with van der Waals surface area (Å²) < 4.78 is 0. The Labute approximate surface area is 201 Å². The molecule has 0 aromatic heterocycles. The monoisotopic (exact) mass is 452 g/mol. The van der Waals surface area contributed by atoms with E-state index in [1.54, 1.807) is 5.57 Å². The average molecular weight is 453 g/mol. The second-order valence-electron chi connectivity index (χ2n) is 10.8. The Morgan fingerprint density at radius 3 is 2.70 bits per heavy atom. The molecule has 0 unspecified atom stereocenters. The van der Waals surface area contributed by atoms with E-state index < -0.39 is 17.8 Å². The quantitative estimate of drug-likeness (QED) is 0.341. The zero-order chi connectivity index (χ0) is 24.2. The normalized spacial score (nSPS) is 33.5. The molecule has 3 nitrogen and oxygen atoms in total. The first kappa shape index (κ1) is 26.0. The highest BCUT2D eigenvalue weighted by Gasteiger charge is 2.45. The summed E-state index contributed by atoms with van der Waals surface area (Å²) >= 11 is 0. The Bertz CT molecular complexity index is 876. The number of aliphatic hydroxyl groups is 3. The first-order valence-electron chi connectivity index (χ1n) is 13.0. The molecular formula is C30H44O3. The Hall–Kier alpha value is -1.60. The molecule has 2 fully saturated rings. The zero-order valence-corrected chi connectivity index (χ0v) is 21.2. The van der Waals surface area contributed by atoms with Gasteiger partial charge in [-0.2, -0.15) is 0 Å². The summed E-state index contributed by atoms with van der Waals surface area (Å²) in [7, 11) is 0. The predicted octanol–water partition coefficient (Wildman–Crippen LogP) is 6.02. The molecule has 3 aliphatic carbocycles. The fraction of sp³-hybridized carbons (Fsp3) is 0.667. The van der Waals surface area contributed by atoms with Crippen LogP contribution in [0.4, 0.5) is 0 Å². The molecule has 0 aromatic carbocycles. The molecule has 0 aliphatic heterocycles. The Kier molecular flexibility index (Phi) is 8.49. The van der Waals surface area contributed by atoms with Gasteiger partial charge in [0.05, 0.1) is 12.2 Å². The molecule has 3 heteroatoms. The summed E-state index contributed by atoms with van der Waals surface area (Å²) in [6.07, 6.45) is 14.5. The van der Waals surface area contributed by atoms with Gasteiger partial charge in [0.2, 0.25) is 0 Å². The molecule has 2 saturated carbocycles. The summed E-state index contributed by atoms with van der Waals surface area (Å²) in [6, 6.07) is 0. The van der Waals surface area contributed by atoms with Crippen molar-refractivity contribution in [1.82, 2.24) is 0 Å². The van der Waals surface area contributed by atoms with Gasteiger partial charge in [-0.15, -0.1) is 5.92 Å². The topological polar surface area (TPSA) is 60.7 Å². The van der Waals surface area contributed by atoms with Crippen LogP contribution in [0.5, 0.6) is 0 Å². The smallest absolute Gasteiger partial charge is 0.125 e. The zero-order valence-electron chi connectivity index (χ0n) is 21.2. The minimum Gasteiger partial charge on any atom is -0.393 e. The van der Waals surface area contributed by atoms with Gasteiger partial charge in [0.1, 0.15) is 5.60 Å². The van der Waals surface area contributed by atoms with E-state index in [0.29, 0.717) is 37.5 Å². The summed E-state index contributed by atoms with van der Waals surface area (Å²) in [5.74, 6) is 7.37. The van der Waals surface area contributed by atoms with Crippen LogP contribution in [-0.4, -0.2) is 33.1 Å². The van der Waals surface area contributed by atoms with Crippen LogP contribution in [0.1, 0.15) is 91.9 Å². The lowest BCUT2D eigenvalue weighted by Crippen LogP contribution is -2.32. The van der Waals surface area contributed by atoms with E-state index in [4.69, 9.17) is 0 Å². The molecule has 0 saturated heterocycles. The third-order valence-corrected chi connectivity index (χ3v) is 8.60. The fourth-order valence-corrected chi connectivity index (χ4v) is 6.18. The predicted molar refractivity (Wildman–Crippen MR) is 136 cm³/mol. The maximum Gasteiger partial charge on any atom is 0.125 e. The fourth-order valence-electron chi connectivity index (χ4n) is 6.18. The molecule has 0 bridgehead atoms. The van der Waals surface area contributed by atoms with E-state index >= 15 is 0 Å². The van der Waals surface area contributed by atoms with E-state index in [0.717, 1.165) is 36.8 Å². The molecule has 0 radical (unpaired) electrons. The molecular weight excluding hydrogens is 408 g/mol. The standard InChI is InChI=1S/C30H44O3/c1-6-30(33,7-2)18-9-8-11-21(3)26-15-16-27-23(12-10-17-29(26,27)5)13-14-24-19-25(31)20-28(32)22(24)4/h13-15,21,25,27-28,31-33H,4,6-8,10-12,16-17,19-20H2,1-3,5H3/t21-,25+,27-,28-,29+/m0/s1. The van der Waals surface area contributed by atoms with Crippen molar-refractivity contribution in [2.24, 2.45) is 17.3 Å². The molecule has 182 valence electrons. The van der Waals surface area contributed by atoms with Gasteiger partial charge in [0.15, 0.2) is 0 Å². The van der Waals surface area contributed by atoms with Crippen LogP contribution in [0.2, 0.25) is 0 Å². The number of hydrogen-bond acceptors (Lipinski definition) is 3. The average Bonchev–Trinajstić information content (AvgIpc) is 3.15. The molecule has 0 spiro atoms. The van der Waals surface area contributed by atoms with Crippen molar-refractivity contribution < 1.29 is 15.3 Å². The van der Waals surface area contributed by atoms with Gasteiger partial charge in [-0.25, -0.2) is 0 Å². The lowest BCUT2D eigenvalue weighted by atomic mass is 9.62. The molecule has 3 rings (SSSR count). The van der Waals surface area contributed by atoms with Crippen molar-refractivity contribution in [1.29, 1.82) is 0 Å². The highest BCUT2D eigenvalue weighted by Crippen LogP contribution is 2.57. The maximum atomic E-state index is 10.4. The van der Waals surface area contributed by atoms with Crippen molar-refractivity contribution in [3.63, 3.8) is 0 Å². The summed E-state index contributed by atoms with van der Waals surface area (Å²) in [5.41, 5.74) is 4.19. The number of aliphatic hydroxyl groups excluding tert-OH is 2. The van der Waals surface area contributed by atoms with Gasteiger partial charge < -0.3 is 15.3 Å². The van der Waals surface area contributed by atoms with Crippen LogP contribution in [0.25, 0.3) is 0 Å². The van der Waals surface area contributed by atoms with E-state index in [9.17, 15) is 15.3 Å². The lowest BCUT2D eigenvalue weighted by molar-refractivity contribution is 0.0862. The highest BCUT2D eigenvalue weighted by atomic mass is 16.3. The van der Waals surface area contributed by atoms with Gasteiger partial charge in [-0.3, -0.25) is 0 Å². The molecule has 0 amide bonds. The molecule has 0 heterocycles. The van der Waals surface area contributed by atoms with Gasteiger partial charge in [0, 0.05) is 12.8 Å². The number of hydrogen-bond donors (Lipinski definition) is 3. The van der Waals surface area contributed by atoms with Crippen molar-refractivity contribution in [2.75, 3.05) is 0 Å². The molecule has 5 atom stereocenters. The second kappa shape index (κ2) is 10.8. The van der Waals surface area contributed by atoms with Crippen molar-refractivity contribution in [3.05, 3.63) is 47.1 Å². The van der Waals surface area contributed by atoms with Crippen LogP contribution in [0.15, 0.2) is 47.1 Å². The van der Waals surface area contributed by atoms with E-state index in [2.05, 4.69) is 50.5 Å². The van der Waals surface area contributed by atoms with Crippen LogP contribution in [0, 0.1) is 29.1 Å². The van der Waals surface area contributed by atoms with E-state index in [-0.39, 0.29) is 5.41 Å². The second-order valence-corrected chi connectivity index (χ2v) is 10.8.